The van der Waals surface area contributed by atoms with Crippen molar-refractivity contribution in [1.82, 2.24) is 0 Å². The second-order valence-corrected chi connectivity index (χ2v) is 11.1. The minimum atomic E-state index is -0.913. The highest BCUT2D eigenvalue weighted by Gasteiger charge is 2.07. The molecule has 0 fully saturated rings. The molecule has 0 saturated carbocycles. The lowest BCUT2D eigenvalue weighted by Crippen LogP contribution is -2.33. The first kappa shape index (κ1) is 35.0. The summed E-state index contributed by atoms with van der Waals surface area (Å²) < 4.78 is 1.98. The van der Waals surface area contributed by atoms with Crippen molar-refractivity contribution in [2.45, 2.75) is 71.4 Å². The number of carbonyl (C=O) groups excluding carboxylic acids is 1. The van der Waals surface area contributed by atoms with E-state index in [0.717, 1.165) is 34.9 Å². The van der Waals surface area contributed by atoms with Gasteiger partial charge in [0, 0.05) is 17.1 Å². The summed E-state index contributed by atoms with van der Waals surface area (Å²) in [5.41, 5.74) is 2.81. The zero-order valence-corrected chi connectivity index (χ0v) is 23.5. The summed E-state index contributed by atoms with van der Waals surface area (Å²) in [6.45, 7) is 4.39. The highest BCUT2D eigenvalue weighted by Crippen LogP contribution is 2.08. The Hall–Kier alpha value is -2.21. The summed E-state index contributed by atoms with van der Waals surface area (Å²) in [6, 6.07) is 21.1. The predicted molar refractivity (Wildman–Crippen MR) is 146 cm³/mol. The Morgan fingerprint density at radius 3 is 1.29 bits per heavy atom. The summed E-state index contributed by atoms with van der Waals surface area (Å²) in [5.74, 6) is -0.913. The van der Waals surface area contributed by atoms with Crippen LogP contribution in [0.2, 0.25) is 0 Å². The van der Waals surface area contributed by atoms with Crippen molar-refractivity contribution in [1.29, 1.82) is 0 Å². The molecule has 35 heavy (non-hydrogen) atoms. The van der Waals surface area contributed by atoms with Gasteiger partial charge in [-0.1, -0.05) is 106 Å². The van der Waals surface area contributed by atoms with Crippen LogP contribution in [0.1, 0.15) is 69.4 Å². The maximum Gasteiger partial charge on any atom is 0.104 e. The van der Waals surface area contributed by atoms with Crippen LogP contribution in [0, 0.1) is 0 Å². The number of rotatable bonds is 12. The van der Waals surface area contributed by atoms with Gasteiger partial charge in [0.05, 0.1) is 42.3 Å². The van der Waals surface area contributed by atoms with Crippen LogP contribution < -0.4 is 5.11 Å². The fraction of sp³-hybridized carbons (Fsp3) is 0.567. The first-order chi connectivity index (χ1) is 15.9. The molecule has 0 amide bonds. The van der Waals surface area contributed by atoms with Gasteiger partial charge in [-0.3, -0.25) is 0 Å². The highest BCUT2D eigenvalue weighted by molar-refractivity contribution is 5.64. The maximum absolute atomic E-state index is 10.0. The van der Waals surface area contributed by atoms with E-state index in [1.54, 1.807) is 0 Å². The van der Waals surface area contributed by atoms with Crippen molar-refractivity contribution in [2.75, 3.05) is 42.3 Å². The number of hydrogen-bond acceptors (Lipinski definition) is 3. The second kappa shape index (κ2) is 20.0. The van der Waals surface area contributed by atoms with Gasteiger partial charge in [0.2, 0.25) is 0 Å². The quantitative estimate of drug-likeness (QED) is 0.293. The van der Waals surface area contributed by atoms with Gasteiger partial charge in [0.25, 0.3) is 0 Å². The minimum Gasteiger partial charge on any atom is -0.870 e. The second-order valence-electron chi connectivity index (χ2n) is 11.1. The number of benzene rings is 2. The number of unbranched alkanes of at least 4 members (excludes halogenated alkanes) is 6. The Morgan fingerprint density at radius 2 is 0.971 bits per heavy atom. The molecule has 2 aromatic rings. The van der Waals surface area contributed by atoms with E-state index < -0.39 is 5.97 Å². The van der Waals surface area contributed by atoms with Crippen LogP contribution in [0.3, 0.4) is 0 Å². The molecule has 2 aromatic carbocycles. The lowest BCUT2D eigenvalue weighted by atomic mass is 10.1. The van der Waals surface area contributed by atoms with Crippen molar-refractivity contribution < 1.29 is 24.3 Å². The van der Waals surface area contributed by atoms with Crippen LogP contribution in [0.15, 0.2) is 60.7 Å². The number of quaternary nitrogens is 2. The molecule has 0 aliphatic rings. The molecule has 5 nitrogen and oxygen atoms in total. The van der Waals surface area contributed by atoms with Crippen LogP contribution in [0.25, 0.3) is 0 Å². The van der Waals surface area contributed by atoms with Gasteiger partial charge in [-0.15, -0.1) is 0 Å². The van der Waals surface area contributed by atoms with E-state index in [2.05, 4.69) is 110 Å². The number of carbonyl (C=O) groups is 1. The van der Waals surface area contributed by atoms with Gasteiger partial charge in [0.15, 0.2) is 0 Å². The number of carboxylic acids is 1. The molecule has 0 aliphatic heterocycles. The van der Waals surface area contributed by atoms with Crippen molar-refractivity contribution in [2.24, 2.45) is 0 Å². The predicted octanol–water partition coefficient (Wildman–Crippen LogP) is 5.49. The highest BCUT2D eigenvalue weighted by atomic mass is 16.4. The fourth-order valence-corrected chi connectivity index (χ4v) is 3.49. The van der Waals surface area contributed by atoms with Gasteiger partial charge in [-0.25, -0.2) is 0 Å². The molecule has 5 heteroatoms. The first-order valence-electron chi connectivity index (χ1n) is 12.8. The van der Waals surface area contributed by atoms with E-state index in [4.69, 9.17) is 0 Å². The van der Waals surface area contributed by atoms with E-state index in [0.29, 0.717) is 0 Å². The number of aliphatic carboxylic acids is 1. The van der Waals surface area contributed by atoms with Crippen LogP contribution in [-0.4, -0.2) is 62.7 Å². The Labute approximate surface area is 215 Å². The largest absolute Gasteiger partial charge is 0.870 e. The molecule has 1 N–H and O–H groups in total. The van der Waals surface area contributed by atoms with E-state index in [9.17, 15) is 9.90 Å². The van der Waals surface area contributed by atoms with Gasteiger partial charge in [0.1, 0.15) is 13.1 Å². The molecule has 0 heterocycles. The topological polar surface area (TPSA) is 70.1 Å². The normalized spacial score (nSPS) is 10.7. The van der Waals surface area contributed by atoms with E-state index in [1.807, 2.05) is 0 Å². The van der Waals surface area contributed by atoms with Crippen LogP contribution in [-0.2, 0) is 17.9 Å². The number of nitrogens with zero attached hydrogens (tertiary/aromatic N) is 2. The average Bonchev–Trinajstić information content (AvgIpc) is 2.73. The molecule has 0 radical (unpaired) electrons. The van der Waals surface area contributed by atoms with Crippen molar-refractivity contribution >= 4 is 5.97 Å². The molecule has 0 saturated heterocycles. The molecular weight excluding hydrogens is 436 g/mol. The summed E-state index contributed by atoms with van der Waals surface area (Å²) in [5, 5.41) is 10.0. The Kier molecular flexibility index (Phi) is 20.0. The lowest BCUT2D eigenvalue weighted by molar-refractivity contribution is -0.884. The molecule has 0 bridgehead atoms. The Morgan fingerprint density at radius 1 is 0.629 bits per heavy atom. The van der Waals surface area contributed by atoms with E-state index in [-0.39, 0.29) is 11.9 Å². The summed E-state index contributed by atoms with van der Waals surface area (Å²) >= 11 is 0. The SMILES string of the molecule is CCCCCCCCCC(=O)[O-].C[N+](C)(C)Cc1ccccc1.C[N+](C)(C)Cc1ccccc1.[OH-]. The molecule has 0 spiro atoms. The molecule has 0 atom stereocenters. The van der Waals surface area contributed by atoms with E-state index in [1.165, 1.54) is 43.2 Å². The lowest BCUT2D eigenvalue weighted by Gasteiger charge is -2.23. The van der Waals surface area contributed by atoms with Gasteiger partial charge in [-0.05, 0) is 12.8 Å². The summed E-state index contributed by atoms with van der Waals surface area (Å²) in [4.78, 5) is 10.0. The minimum absolute atomic E-state index is 0. The smallest absolute Gasteiger partial charge is 0.104 e. The monoisotopic (exact) mass is 488 g/mol. The zero-order valence-electron chi connectivity index (χ0n) is 23.5. The third kappa shape index (κ3) is 26.2. The zero-order chi connectivity index (χ0) is 25.9. The van der Waals surface area contributed by atoms with Crippen molar-refractivity contribution in [3.63, 3.8) is 0 Å². The maximum atomic E-state index is 10.0. The first-order valence-corrected chi connectivity index (χ1v) is 12.8. The average molecular weight is 489 g/mol. The number of carboxylic acid groups (broad SMARTS) is 1. The molecule has 2 rings (SSSR count). The summed E-state index contributed by atoms with van der Waals surface area (Å²) in [6.07, 6.45) is 8.34. The molecule has 0 aromatic heterocycles. The number of hydrogen-bond donors (Lipinski definition) is 0. The van der Waals surface area contributed by atoms with Crippen LogP contribution >= 0.6 is 0 Å². The van der Waals surface area contributed by atoms with E-state index >= 15 is 0 Å². The Bertz CT molecular complexity index is 684. The molecule has 0 aliphatic carbocycles. The van der Waals surface area contributed by atoms with Crippen molar-refractivity contribution in [3.8, 4) is 0 Å². The molecule has 200 valence electrons. The molecule has 0 unspecified atom stereocenters. The summed E-state index contributed by atoms with van der Waals surface area (Å²) in [7, 11) is 13.2. The van der Waals surface area contributed by atoms with Crippen LogP contribution in [0.4, 0.5) is 0 Å². The third-order valence-corrected chi connectivity index (χ3v) is 4.98. The van der Waals surface area contributed by atoms with Crippen LogP contribution in [0.5, 0.6) is 0 Å². The van der Waals surface area contributed by atoms with Crippen molar-refractivity contribution in [3.05, 3.63) is 71.8 Å². The Balaban J connectivity index is 0. The fourth-order valence-electron chi connectivity index (χ4n) is 3.49. The third-order valence-electron chi connectivity index (χ3n) is 4.98. The molecular formula is C30H52N2O3. The van der Waals surface area contributed by atoms with Gasteiger partial charge >= 0.3 is 0 Å². The van der Waals surface area contributed by atoms with Gasteiger partial charge < -0.3 is 24.3 Å². The standard InChI is InChI=1S/2C10H16N.C10H20O2.H2O/c2*1-11(2,3)9-10-7-5-4-6-8-10;1-2-3-4-5-6-7-8-9-10(11)12;/h2*4-8H,9H2,1-3H3;2-9H2,1H3,(H,11,12);1H2/q2*+1;;/p-2. The van der Waals surface area contributed by atoms with Gasteiger partial charge in [-0.2, -0.15) is 0 Å².